The van der Waals surface area contributed by atoms with Gasteiger partial charge in [-0.05, 0) is 18.1 Å². The van der Waals surface area contributed by atoms with Crippen LogP contribution in [0.15, 0.2) is 43.0 Å². The molecule has 7 heteroatoms. The second-order valence-electron chi connectivity index (χ2n) is 6.86. The lowest BCUT2D eigenvalue weighted by atomic mass is 9.87. The highest BCUT2D eigenvalue weighted by atomic mass is 79.9. The van der Waals surface area contributed by atoms with Crippen molar-refractivity contribution in [3.63, 3.8) is 0 Å². The molecule has 1 aromatic carbocycles. The van der Waals surface area contributed by atoms with Crippen LogP contribution in [0.1, 0.15) is 38.5 Å². The number of aromatic nitrogens is 2. The number of nitrogens with one attached hydrogen (secondary N) is 3. The van der Waals surface area contributed by atoms with E-state index in [2.05, 4.69) is 26.8 Å². The van der Waals surface area contributed by atoms with Gasteiger partial charge in [0.05, 0.1) is 23.4 Å². The van der Waals surface area contributed by atoms with Crippen LogP contribution in [0, 0.1) is 5.92 Å². The molecule has 0 spiro atoms. The molecule has 0 aliphatic heterocycles. The van der Waals surface area contributed by atoms with Gasteiger partial charge < -0.3 is 27.7 Å². The van der Waals surface area contributed by atoms with E-state index in [-0.39, 0.29) is 17.0 Å². The molecule has 0 atom stereocenters. The maximum Gasteiger partial charge on any atom is 0.244 e. The number of hydrogen-bond donors (Lipinski definition) is 3. The molecule has 1 aromatic heterocycles. The highest BCUT2D eigenvalue weighted by molar-refractivity contribution is 7.80. The smallest absolute Gasteiger partial charge is 0.244 e. The van der Waals surface area contributed by atoms with E-state index < -0.39 is 0 Å². The van der Waals surface area contributed by atoms with Crippen molar-refractivity contribution in [3.05, 3.63) is 43.0 Å². The van der Waals surface area contributed by atoms with Crippen LogP contribution in [-0.2, 0) is 13.7 Å². The van der Waals surface area contributed by atoms with Crippen LogP contribution in [0.4, 0.5) is 11.4 Å². The summed E-state index contributed by atoms with van der Waals surface area (Å²) in [5.74, 6) is 0.751. The molecule has 1 heterocycles. The van der Waals surface area contributed by atoms with Gasteiger partial charge in [0.1, 0.15) is 12.4 Å². The van der Waals surface area contributed by atoms with Crippen LogP contribution >= 0.6 is 12.2 Å². The van der Waals surface area contributed by atoms with E-state index in [1.165, 1.54) is 32.1 Å². The number of halogens is 1. The molecule has 1 aliphatic carbocycles. The Balaban J connectivity index is 0.00000243. The van der Waals surface area contributed by atoms with E-state index >= 15 is 0 Å². The first-order chi connectivity index (χ1) is 12.2. The summed E-state index contributed by atoms with van der Waals surface area (Å²) >= 11 is 5.60. The number of imidazole rings is 1. The number of aryl methyl sites for hydroxylation is 1. The van der Waals surface area contributed by atoms with Crippen LogP contribution in [0.25, 0.3) is 0 Å². The second kappa shape index (κ2) is 10.6. The Morgan fingerprint density at radius 1 is 1.19 bits per heavy atom. The normalized spacial score (nSPS) is 14.5. The van der Waals surface area contributed by atoms with Gasteiger partial charge in [0.15, 0.2) is 6.67 Å². The summed E-state index contributed by atoms with van der Waals surface area (Å²) < 4.78 is 4.08. The van der Waals surface area contributed by atoms with E-state index in [1.807, 2.05) is 48.5 Å². The van der Waals surface area contributed by atoms with Crippen molar-refractivity contribution in [2.45, 2.75) is 45.2 Å². The van der Waals surface area contributed by atoms with Crippen LogP contribution in [0.3, 0.4) is 0 Å². The number of thiocarbonyl (C=S) groups is 1. The average molecular weight is 438 g/mol. The average Bonchev–Trinajstić information content (AvgIpc) is 3.02. The highest BCUT2D eigenvalue weighted by Gasteiger charge is 2.15. The third kappa shape index (κ3) is 6.37. The lowest BCUT2D eigenvalue weighted by Crippen LogP contribution is -3.00. The number of anilines is 2. The molecule has 1 saturated carbocycles. The molecule has 1 fully saturated rings. The lowest BCUT2D eigenvalue weighted by Gasteiger charge is -2.22. The first-order valence-corrected chi connectivity index (χ1v) is 9.50. The van der Waals surface area contributed by atoms with Gasteiger partial charge in [0, 0.05) is 6.42 Å². The lowest BCUT2D eigenvalue weighted by molar-refractivity contribution is -0.671. The topological polar surface area (TPSA) is 44.9 Å². The van der Waals surface area contributed by atoms with Crippen LogP contribution in [-0.4, -0.2) is 9.56 Å². The van der Waals surface area contributed by atoms with E-state index in [9.17, 15) is 0 Å². The monoisotopic (exact) mass is 437 g/mol. The van der Waals surface area contributed by atoms with Gasteiger partial charge in [0.25, 0.3) is 0 Å². The maximum absolute atomic E-state index is 5.60. The number of rotatable bonds is 7. The zero-order chi connectivity index (χ0) is 17.5. The predicted octanol–water partition coefficient (Wildman–Crippen LogP) is 0.600. The van der Waals surface area contributed by atoms with Gasteiger partial charge in [0.2, 0.25) is 6.33 Å². The Morgan fingerprint density at radius 3 is 2.62 bits per heavy atom. The molecular formula is C19H28BrN5S. The van der Waals surface area contributed by atoms with E-state index in [0.717, 1.165) is 28.7 Å². The molecule has 0 radical (unpaired) electrons. The number of benzene rings is 1. The summed E-state index contributed by atoms with van der Waals surface area (Å²) in [4.78, 5) is 0.943. The summed E-state index contributed by atoms with van der Waals surface area (Å²) in [7, 11) is 2.01. The summed E-state index contributed by atoms with van der Waals surface area (Å²) in [6.07, 6.45) is 13.8. The minimum Gasteiger partial charge on any atom is -1.00 e. The first kappa shape index (κ1) is 20.9. The van der Waals surface area contributed by atoms with Gasteiger partial charge in [-0.2, -0.15) is 5.43 Å². The maximum atomic E-state index is 5.60. The Morgan fingerprint density at radius 2 is 1.92 bits per heavy atom. The van der Waals surface area contributed by atoms with E-state index in [1.54, 1.807) is 0 Å². The molecule has 3 rings (SSSR count). The molecule has 142 valence electrons. The third-order valence-corrected chi connectivity index (χ3v) is 4.98. The highest BCUT2D eigenvalue weighted by Crippen LogP contribution is 2.28. The molecule has 0 amide bonds. The Labute approximate surface area is 171 Å². The summed E-state index contributed by atoms with van der Waals surface area (Å²) in [5.41, 5.74) is 8.55. The van der Waals surface area contributed by atoms with Crippen molar-refractivity contribution >= 4 is 28.6 Å². The van der Waals surface area contributed by atoms with Crippen molar-refractivity contribution in [2.24, 2.45) is 13.0 Å². The zero-order valence-corrected chi connectivity index (χ0v) is 17.7. The minimum absolute atomic E-state index is 0. The van der Waals surface area contributed by atoms with Crippen LogP contribution < -0.4 is 37.7 Å². The van der Waals surface area contributed by atoms with E-state index in [0.29, 0.717) is 6.67 Å². The van der Waals surface area contributed by atoms with Gasteiger partial charge in [-0.1, -0.05) is 56.5 Å². The Bertz CT molecular complexity index is 697. The third-order valence-electron chi connectivity index (χ3n) is 4.71. The van der Waals surface area contributed by atoms with Gasteiger partial charge >= 0.3 is 0 Å². The zero-order valence-electron chi connectivity index (χ0n) is 15.2. The SMILES string of the molecule is C[n+]1ccn(CNNc2ccccc2NC(=S)CC2CCCCC2)c1.[Br-]. The fraction of sp³-hybridized carbons (Fsp3) is 0.474. The molecule has 26 heavy (non-hydrogen) atoms. The molecule has 2 aromatic rings. The largest absolute Gasteiger partial charge is 1.00 e. The summed E-state index contributed by atoms with van der Waals surface area (Å²) in [6, 6.07) is 8.17. The quantitative estimate of drug-likeness (QED) is 0.337. The molecule has 1 aliphatic rings. The van der Waals surface area contributed by atoms with Crippen LogP contribution in [0.5, 0.6) is 0 Å². The van der Waals surface area contributed by atoms with Gasteiger partial charge in [-0.25, -0.2) is 9.13 Å². The number of hydrogen-bond acceptors (Lipinski definition) is 3. The summed E-state index contributed by atoms with van der Waals surface area (Å²) in [6.45, 7) is 0.682. The number of nitrogens with zero attached hydrogens (tertiary/aromatic N) is 2. The van der Waals surface area contributed by atoms with Crippen molar-refractivity contribution < 1.29 is 21.5 Å². The number of hydrazine groups is 1. The number of para-hydroxylation sites is 2. The standard InChI is InChI=1S/C19H27N5S.BrH/c1-23-11-12-24(15-23)14-20-22-18-10-6-5-9-17(18)21-19(25)13-16-7-3-2-4-8-16;/h5-6,9-12,15-16,20,22H,2-4,7-8,13-14H2,1H3;1H. The van der Waals surface area contributed by atoms with Gasteiger partial charge in [-0.15, -0.1) is 0 Å². The van der Waals surface area contributed by atoms with E-state index in [4.69, 9.17) is 12.2 Å². The van der Waals surface area contributed by atoms with Gasteiger partial charge in [-0.3, -0.25) is 0 Å². The molecule has 0 bridgehead atoms. The molecule has 5 nitrogen and oxygen atoms in total. The van der Waals surface area contributed by atoms with Crippen molar-refractivity contribution in [1.82, 2.24) is 9.99 Å². The fourth-order valence-corrected chi connectivity index (χ4v) is 3.72. The minimum atomic E-state index is 0. The van der Waals surface area contributed by atoms with Crippen molar-refractivity contribution in [2.75, 3.05) is 10.7 Å². The molecular weight excluding hydrogens is 410 g/mol. The molecule has 0 unspecified atom stereocenters. The fourth-order valence-electron chi connectivity index (χ4n) is 3.38. The Hall–Kier alpha value is -1.44. The van der Waals surface area contributed by atoms with Crippen LogP contribution in [0.2, 0.25) is 0 Å². The first-order valence-electron chi connectivity index (χ1n) is 9.09. The van der Waals surface area contributed by atoms with Crippen molar-refractivity contribution in [3.8, 4) is 0 Å². The Kier molecular flexibility index (Phi) is 8.54. The van der Waals surface area contributed by atoms with Crippen molar-refractivity contribution in [1.29, 1.82) is 0 Å². The molecule has 0 saturated heterocycles. The second-order valence-corrected chi connectivity index (χ2v) is 7.35. The summed E-state index contributed by atoms with van der Waals surface area (Å²) in [5, 5.41) is 3.43. The predicted molar refractivity (Wildman–Crippen MR) is 106 cm³/mol. The molecule has 3 N–H and O–H groups in total.